The molecule has 0 aliphatic carbocycles. The summed E-state index contributed by atoms with van der Waals surface area (Å²) in [6.07, 6.45) is -0.604. The van der Waals surface area contributed by atoms with Crippen LogP contribution < -0.4 is 10.0 Å². The van der Waals surface area contributed by atoms with Crippen molar-refractivity contribution in [1.29, 1.82) is 0 Å². The second-order valence-corrected chi connectivity index (χ2v) is 6.61. The summed E-state index contributed by atoms with van der Waals surface area (Å²) in [5, 5.41) is 2.48. The van der Waals surface area contributed by atoms with Crippen LogP contribution in [0.1, 0.15) is 12.5 Å². The number of carbonyl (C=O) groups excluding carboxylic acids is 1. The molecular formula is C16H17FN2O4S. The highest BCUT2D eigenvalue weighted by Crippen LogP contribution is 2.21. The second-order valence-electron chi connectivity index (χ2n) is 4.96. The van der Waals surface area contributed by atoms with Crippen LogP contribution in [0.25, 0.3) is 0 Å². The molecule has 0 heterocycles. The Bertz CT molecular complexity index is 836. The number of carbonyl (C=O) groups is 1. The van der Waals surface area contributed by atoms with Crippen molar-refractivity contribution in [2.24, 2.45) is 0 Å². The maximum absolute atomic E-state index is 13.8. The van der Waals surface area contributed by atoms with Gasteiger partial charge in [-0.25, -0.2) is 17.6 Å². The number of anilines is 2. The molecule has 1 amide bonds. The maximum atomic E-state index is 13.8. The molecule has 6 nitrogen and oxygen atoms in total. The monoisotopic (exact) mass is 352 g/mol. The molecule has 128 valence electrons. The normalized spacial score (nSPS) is 11.0. The first kappa shape index (κ1) is 17.7. The fourth-order valence-corrected chi connectivity index (χ4v) is 3.16. The van der Waals surface area contributed by atoms with Crippen LogP contribution >= 0.6 is 0 Å². The third kappa shape index (κ3) is 4.45. The van der Waals surface area contributed by atoms with Crippen LogP contribution in [0.4, 0.5) is 20.6 Å². The molecule has 0 bridgehead atoms. The van der Waals surface area contributed by atoms with E-state index in [4.69, 9.17) is 4.74 Å². The van der Waals surface area contributed by atoms with Crippen molar-refractivity contribution in [2.45, 2.75) is 18.7 Å². The Morgan fingerprint density at radius 3 is 2.38 bits per heavy atom. The molecule has 0 aliphatic heterocycles. The number of ether oxygens (including phenoxy) is 1. The lowest BCUT2D eigenvalue weighted by molar-refractivity contribution is 0.168. The number of amides is 1. The zero-order chi connectivity index (χ0) is 17.7. The molecule has 0 fully saturated rings. The van der Waals surface area contributed by atoms with E-state index in [2.05, 4.69) is 10.0 Å². The molecule has 0 saturated heterocycles. The Morgan fingerprint density at radius 2 is 1.75 bits per heavy atom. The van der Waals surface area contributed by atoms with Crippen LogP contribution in [0.2, 0.25) is 0 Å². The van der Waals surface area contributed by atoms with Crippen LogP contribution in [-0.4, -0.2) is 21.1 Å². The lowest BCUT2D eigenvalue weighted by Crippen LogP contribution is -2.15. The van der Waals surface area contributed by atoms with Gasteiger partial charge in [-0.15, -0.1) is 0 Å². The number of nitrogens with one attached hydrogen (secondary N) is 2. The summed E-state index contributed by atoms with van der Waals surface area (Å²) in [6, 6.07) is 9.76. The molecular weight excluding hydrogens is 335 g/mol. The highest BCUT2D eigenvalue weighted by Gasteiger charge is 2.19. The van der Waals surface area contributed by atoms with E-state index in [0.717, 1.165) is 6.07 Å². The summed E-state index contributed by atoms with van der Waals surface area (Å²) in [6.45, 7) is 3.60. The van der Waals surface area contributed by atoms with Gasteiger partial charge in [0.2, 0.25) is 0 Å². The van der Waals surface area contributed by atoms with E-state index in [9.17, 15) is 17.6 Å². The van der Waals surface area contributed by atoms with Crippen LogP contribution in [0.3, 0.4) is 0 Å². The fraction of sp³-hybridized carbons (Fsp3) is 0.188. The topological polar surface area (TPSA) is 84.5 Å². The highest BCUT2D eigenvalue weighted by molar-refractivity contribution is 7.92. The minimum atomic E-state index is -4.05. The Hall–Kier alpha value is -2.61. The first-order valence-electron chi connectivity index (χ1n) is 7.14. The van der Waals surface area contributed by atoms with Crippen molar-refractivity contribution in [3.63, 3.8) is 0 Å². The van der Waals surface area contributed by atoms with Crippen molar-refractivity contribution >= 4 is 27.5 Å². The third-order valence-corrected chi connectivity index (χ3v) is 4.43. The summed E-state index contributed by atoms with van der Waals surface area (Å²) in [7, 11) is -4.05. The van der Waals surface area contributed by atoms with E-state index in [1.165, 1.54) is 36.4 Å². The fourth-order valence-electron chi connectivity index (χ4n) is 1.93. The van der Waals surface area contributed by atoms with Gasteiger partial charge in [-0.1, -0.05) is 6.07 Å². The van der Waals surface area contributed by atoms with Crippen molar-refractivity contribution in [2.75, 3.05) is 16.6 Å². The number of sulfonamides is 1. The molecule has 2 aromatic rings. The number of rotatable bonds is 5. The molecule has 0 saturated carbocycles. The van der Waals surface area contributed by atoms with Crippen molar-refractivity contribution in [1.82, 2.24) is 0 Å². The molecule has 8 heteroatoms. The molecule has 2 N–H and O–H groups in total. The van der Waals surface area contributed by atoms with Crippen LogP contribution in [0.15, 0.2) is 47.4 Å². The van der Waals surface area contributed by atoms with E-state index in [1.54, 1.807) is 13.8 Å². The van der Waals surface area contributed by atoms with Gasteiger partial charge in [-0.05, 0) is 55.8 Å². The summed E-state index contributed by atoms with van der Waals surface area (Å²) in [4.78, 5) is 10.9. The predicted octanol–water partition coefficient (Wildman–Crippen LogP) is 3.50. The molecule has 0 radical (unpaired) electrons. The van der Waals surface area contributed by atoms with E-state index < -0.39 is 26.8 Å². The van der Waals surface area contributed by atoms with Crippen molar-refractivity contribution < 1.29 is 22.3 Å². The van der Waals surface area contributed by atoms with Gasteiger partial charge < -0.3 is 4.74 Å². The maximum Gasteiger partial charge on any atom is 0.411 e. The smallest absolute Gasteiger partial charge is 0.411 e. The lowest BCUT2D eigenvalue weighted by Gasteiger charge is -2.10. The summed E-state index contributed by atoms with van der Waals surface area (Å²) in [5.41, 5.74) is 1.31. The highest BCUT2D eigenvalue weighted by atomic mass is 32.2. The average molecular weight is 352 g/mol. The number of benzene rings is 2. The Labute approximate surface area is 139 Å². The Morgan fingerprint density at radius 1 is 1.12 bits per heavy atom. The van der Waals surface area contributed by atoms with Crippen LogP contribution in [0, 0.1) is 12.7 Å². The Kier molecular flexibility index (Phi) is 5.40. The SMILES string of the molecule is CCOC(=O)Nc1ccc(NS(=O)(=O)c2cc(C)ccc2F)cc1. The first-order chi connectivity index (χ1) is 11.3. The molecule has 2 rings (SSSR count). The molecule has 0 spiro atoms. The summed E-state index contributed by atoms with van der Waals surface area (Å²) < 4.78 is 45.4. The number of hydrogen-bond donors (Lipinski definition) is 2. The molecule has 2 aromatic carbocycles. The van der Waals surface area contributed by atoms with Gasteiger partial charge in [-0.3, -0.25) is 10.0 Å². The summed E-state index contributed by atoms with van der Waals surface area (Å²) >= 11 is 0. The predicted molar refractivity (Wildman–Crippen MR) is 89.0 cm³/mol. The average Bonchev–Trinajstić information content (AvgIpc) is 2.51. The quantitative estimate of drug-likeness (QED) is 0.862. The van der Waals surface area contributed by atoms with E-state index in [0.29, 0.717) is 11.3 Å². The molecule has 0 aliphatic rings. The minimum Gasteiger partial charge on any atom is -0.450 e. The number of halogens is 1. The zero-order valence-corrected chi connectivity index (χ0v) is 14.0. The van der Waals surface area contributed by atoms with Gasteiger partial charge in [0.25, 0.3) is 10.0 Å². The Balaban J connectivity index is 2.15. The van der Waals surface area contributed by atoms with Crippen LogP contribution in [0.5, 0.6) is 0 Å². The van der Waals surface area contributed by atoms with Gasteiger partial charge in [0.05, 0.1) is 6.61 Å². The largest absolute Gasteiger partial charge is 0.450 e. The summed E-state index contributed by atoms with van der Waals surface area (Å²) in [5.74, 6) is -0.825. The molecule has 0 atom stereocenters. The van der Waals surface area contributed by atoms with E-state index in [-0.39, 0.29) is 12.3 Å². The van der Waals surface area contributed by atoms with E-state index >= 15 is 0 Å². The van der Waals surface area contributed by atoms with Gasteiger partial charge in [0.15, 0.2) is 0 Å². The third-order valence-electron chi connectivity index (χ3n) is 3.04. The number of aryl methyl sites for hydroxylation is 1. The van der Waals surface area contributed by atoms with Gasteiger partial charge in [0.1, 0.15) is 10.7 Å². The van der Waals surface area contributed by atoms with Crippen molar-refractivity contribution in [3.05, 3.63) is 53.8 Å². The molecule has 0 unspecified atom stereocenters. The van der Waals surface area contributed by atoms with Crippen molar-refractivity contribution in [3.8, 4) is 0 Å². The van der Waals surface area contributed by atoms with Gasteiger partial charge in [0, 0.05) is 11.4 Å². The molecule has 24 heavy (non-hydrogen) atoms. The van der Waals surface area contributed by atoms with Gasteiger partial charge in [-0.2, -0.15) is 0 Å². The standard InChI is InChI=1S/C16H17FN2O4S/c1-3-23-16(20)18-12-5-7-13(8-6-12)19-24(21,22)15-10-11(2)4-9-14(15)17/h4-10,19H,3H2,1-2H3,(H,18,20). The number of hydrogen-bond acceptors (Lipinski definition) is 4. The minimum absolute atomic E-state index is 0.241. The van der Waals surface area contributed by atoms with Crippen LogP contribution in [-0.2, 0) is 14.8 Å². The first-order valence-corrected chi connectivity index (χ1v) is 8.63. The zero-order valence-electron chi connectivity index (χ0n) is 13.2. The molecule has 0 aromatic heterocycles. The lowest BCUT2D eigenvalue weighted by atomic mass is 10.2. The second kappa shape index (κ2) is 7.31. The van der Waals surface area contributed by atoms with E-state index in [1.807, 2.05) is 0 Å². The van der Waals surface area contributed by atoms with Gasteiger partial charge >= 0.3 is 6.09 Å².